The monoisotopic (exact) mass is 304 g/mol. The number of benzene rings is 1. The summed E-state index contributed by atoms with van der Waals surface area (Å²) in [5.74, 6) is -0.0672. The summed E-state index contributed by atoms with van der Waals surface area (Å²) < 4.78 is 2.78. The minimum absolute atomic E-state index is 0.0672. The van der Waals surface area contributed by atoms with Gasteiger partial charge in [-0.3, -0.25) is 9.48 Å². The lowest BCUT2D eigenvalue weighted by Crippen LogP contribution is -2.13. The lowest BCUT2D eigenvalue weighted by atomic mass is 10.2. The van der Waals surface area contributed by atoms with E-state index >= 15 is 0 Å². The summed E-state index contributed by atoms with van der Waals surface area (Å²) in [5.41, 5.74) is 0.466. The molecule has 0 bridgehead atoms. The maximum Gasteiger partial charge on any atom is 0.222 e. The zero-order chi connectivity index (χ0) is 14.3. The Balaban J connectivity index is 2.10. The molecule has 0 saturated heterocycles. The Hall–Kier alpha value is -1.65. The Morgan fingerprint density at radius 2 is 2.10 bits per heavy atom. The fourth-order valence-electron chi connectivity index (χ4n) is 2.16. The van der Waals surface area contributed by atoms with E-state index < -0.39 is 0 Å². The maximum absolute atomic E-state index is 12.7. The average molecular weight is 305 g/mol. The number of carbonyl (C=O) groups is 1. The molecule has 0 radical (unpaired) electrons. The van der Waals surface area contributed by atoms with Crippen molar-refractivity contribution in [1.29, 1.82) is 0 Å². The van der Waals surface area contributed by atoms with Crippen molar-refractivity contribution in [3.8, 4) is 0 Å². The molecule has 20 heavy (non-hydrogen) atoms. The second kappa shape index (κ2) is 5.04. The average Bonchev–Trinajstić information content (AvgIpc) is 3.01. The SMILES string of the molecule is CC(C)n1ncc(Cl)c1C(=O)c1cc2ccccc2s1. The van der Waals surface area contributed by atoms with Crippen LogP contribution in [-0.4, -0.2) is 15.6 Å². The van der Waals surface area contributed by atoms with Crippen LogP contribution in [0.25, 0.3) is 10.1 Å². The Bertz CT molecular complexity index is 755. The van der Waals surface area contributed by atoms with Crippen LogP contribution < -0.4 is 0 Å². The molecule has 5 heteroatoms. The number of fused-ring (bicyclic) bond motifs is 1. The summed E-state index contributed by atoms with van der Waals surface area (Å²) >= 11 is 7.62. The largest absolute Gasteiger partial charge is 0.286 e. The third-order valence-electron chi connectivity index (χ3n) is 3.10. The molecule has 0 atom stereocenters. The second-order valence-corrected chi connectivity index (χ2v) is 6.35. The van der Waals surface area contributed by atoms with Gasteiger partial charge < -0.3 is 0 Å². The highest BCUT2D eigenvalue weighted by Crippen LogP contribution is 2.29. The predicted octanol–water partition coefficient (Wildman–Crippen LogP) is 4.56. The van der Waals surface area contributed by atoms with Gasteiger partial charge in [0.25, 0.3) is 0 Å². The van der Waals surface area contributed by atoms with Crippen LogP contribution in [0.5, 0.6) is 0 Å². The standard InChI is InChI=1S/C15H13ClN2OS/c1-9(2)18-14(11(16)8-17-18)15(19)13-7-10-5-3-4-6-12(10)20-13/h3-9H,1-2H3. The number of ketones is 1. The molecule has 0 unspecified atom stereocenters. The van der Waals surface area contributed by atoms with Crippen molar-refractivity contribution in [2.45, 2.75) is 19.9 Å². The van der Waals surface area contributed by atoms with E-state index in [2.05, 4.69) is 5.10 Å². The maximum atomic E-state index is 12.7. The summed E-state index contributed by atoms with van der Waals surface area (Å²) in [6.07, 6.45) is 1.53. The van der Waals surface area contributed by atoms with Gasteiger partial charge in [-0.2, -0.15) is 5.10 Å². The quantitative estimate of drug-likeness (QED) is 0.665. The first-order chi connectivity index (χ1) is 9.58. The lowest BCUT2D eigenvalue weighted by Gasteiger charge is -2.09. The number of thiophene rings is 1. The van der Waals surface area contributed by atoms with E-state index in [4.69, 9.17) is 11.6 Å². The van der Waals surface area contributed by atoms with Crippen molar-refractivity contribution in [3.05, 3.63) is 52.1 Å². The second-order valence-electron chi connectivity index (χ2n) is 4.86. The number of hydrogen-bond donors (Lipinski definition) is 0. The molecular weight excluding hydrogens is 292 g/mol. The molecule has 3 aromatic rings. The Morgan fingerprint density at radius 3 is 2.80 bits per heavy atom. The molecule has 0 aliphatic heterocycles. The highest BCUT2D eigenvalue weighted by molar-refractivity contribution is 7.21. The van der Waals surface area contributed by atoms with Crippen molar-refractivity contribution in [1.82, 2.24) is 9.78 Å². The van der Waals surface area contributed by atoms with Gasteiger partial charge in [0.1, 0.15) is 5.69 Å². The number of carbonyl (C=O) groups excluding carboxylic acids is 1. The first kappa shape index (κ1) is 13.3. The number of rotatable bonds is 3. The molecular formula is C15H13ClN2OS. The molecule has 3 nitrogen and oxygen atoms in total. The molecule has 0 aliphatic rings. The fraction of sp³-hybridized carbons (Fsp3) is 0.200. The van der Waals surface area contributed by atoms with Gasteiger partial charge >= 0.3 is 0 Å². The van der Waals surface area contributed by atoms with Gasteiger partial charge in [0.05, 0.1) is 16.1 Å². The van der Waals surface area contributed by atoms with Crippen LogP contribution in [0.3, 0.4) is 0 Å². The Labute approximate surface area is 125 Å². The van der Waals surface area contributed by atoms with Gasteiger partial charge in [-0.25, -0.2) is 0 Å². The summed E-state index contributed by atoms with van der Waals surface area (Å²) in [5, 5.41) is 5.66. The number of halogens is 1. The Morgan fingerprint density at radius 1 is 1.35 bits per heavy atom. The van der Waals surface area contributed by atoms with E-state index in [1.165, 1.54) is 17.5 Å². The fourth-order valence-corrected chi connectivity index (χ4v) is 3.38. The molecule has 0 spiro atoms. The topological polar surface area (TPSA) is 34.9 Å². The van der Waals surface area contributed by atoms with Crippen LogP contribution in [-0.2, 0) is 0 Å². The van der Waals surface area contributed by atoms with E-state index in [1.807, 2.05) is 44.2 Å². The van der Waals surface area contributed by atoms with Crippen molar-refractivity contribution in [2.24, 2.45) is 0 Å². The van der Waals surface area contributed by atoms with Crippen LogP contribution in [0.2, 0.25) is 5.02 Å². The van der Waals surface area contributed by atoms with Crippen molar-refractivity contribution in [3.63, 3.8) is 0 Å². The zero-order valence-electron chi connectivity index (χ0n) is 11.1. The van der Waals surface area contributed by atoms with Gasteiger partial charge in [0, 0.05) is 10.7 Å². The molecule has 0 fully saturated rings. The summed E-state index contributed by atoms with van der Waals surface area (Å²) in [6.45, 7) is 3.95. The van der Waals surface area contributed by atoms with E-state index in [-0.39, 0.29) is 11.8 Å². The normalized spacial score (nSPS) is 11.4. The predicted molar refractivity (Wildman–Crippen MR) is 82.9 cm³/mol. The third kappa shape index (κ3) is 2.15. The molecule has 2 aromatic heterocycles. The van der Waals surface area contributed by atoms with Crippen LogP contribution >= 0.6 is 22.9 Å². The van der Waals surface area contributed by atoms with Crippen molar-refractivity contribution < 1.29 is 4.79 Å². The molecule has 0 N–H and O–H groups in total. The molecule has 0 amide bonds. The molecule has 3 rings (SSSR count). The number of aromatic nitrogens is 2. The van der Waals surface area contributed by atoms with Crippen LogP contribution in [0.15, 0.2) is 36.5 Å². The van der Waals surface area contributed by atoms with E-state index in [1.54, 1.807) is 4.68 Å². The minimum atomic E-state index is -0.0672. The lowest BCUT2D eigenvalue weighted by molar-refractivity contribution is 0.103. The Kier molecular flexibility index (Phi) is 3.36. The summed E-state index contributed by atoms with van der Waals surface area (Å²) in [7, 11) is 0. The molecule has 0 saturated carbocycles. The zero-order valence-corrected chi connectivity index (χ0v) is 12.7. The van der Waals surface area contributed by atoms with Crippen molar-refractivity contribution in [2.75, 3.05) is 0 Å². The van der Waals surface area contributed by atoms with Gasteiger partial charge in [-0.1, -0.05) is 29.8 Å². The van der Waals surface area contributed by atoms with Gasteiger partial charge in [-0.05, 0) is 31.4 Å². The van der Waals surface area contributed by atoms with E-state index in [0.29, 0.717) is 15.6 Å². The van der Waals surface area contributed by atoms with Crippen LogP contribution in [0, 0.1) is 0 Å². The highest BCUT2D eigenvalue weighted by Gasteiger charge is 2.22. The van der Waals surface area contributed by atoms with Gasteiger partial charge in [-0.15, -0.1) is 11.3 Å². The van der Waals surface area contributed by atoms with E-state index in [0.717, 1.165) is 10.1 Å². The van der Waals surface area contributed by atoms with Gasteiger partial charge in [0.2, 0.25) is 5.78 Å². The van der Waals surface area contributed by atoms with E-state index in [9.17, 15) is 4.79 Å². The molecule has 2 heterocycles. The first-order valence-electron chi connectivity index (χ1n) is 6.34. The molecule has 0 aliphatic carbocycles. The van der Waals surface area contributed by atoms with Crippen LogP contribution in [0.1, 0.15) is 35.3 Å². The molecule has 102 valence electrons. The smallest absolute Gasteiger partial charge is 0.222 e. The molecule has 1 aromatic carbocycles. The summed E-state index contributed by atoms with van der Waals surface area (Å²) in [6, 6.07) is 9.96. The number of nitrogens with zero attached hydrogens (tertiary/aromatic N) is 2. The summed E-state index contributed by atoms with van der Waals surface area (Å²) in [4.78, 5) is 13.4. The van der Waals surface area contributed by atoms with Crippen LogP contribution in [0.4, 0.5) is 0 Å². The third-order valence-corrected chi connectivity index (χ3v) is 4.50. The number of hydrogen-bond acceptors (Lipinski definition) is 3. The first-order valence-corrected chi connectivity index (χ1v) is 7.53. The van der Waals surface area contributed by atoms with Crippen molar-refractivity contribution >= 4 is 38.8 Å². The van der Waals surface area contributed by atoms with Gasteiger partial charge in [0.15, 0.2) is 0 Å². The highest BCUT2D eigenvalue weighted by atomic mass is 35.5. The minimum Gasteiger partial charge on any atom is -0.286 e.